The van der Waals surface area contributed by atoms with Gasteiger partial charge in [-0.05, 0) is 36.3 Å². The van der Waals surface area contributed by atoms with Crippen LogP contribution in [-0.4, -0.2) is 11.0 Å². The maximum Gasteiger partial charge on any atom is 0.0595 e. The number of benzene rings is 1. The van der Waals surface area contributed by atoms with Crippen molar-refractivity contribution < 1.29 is 0 Å². The molecule has 1 heterocycles. The second-order valence-corrected chi connectivity index (χ2v) is 6.38. The molecular weight excluding hydrogens is 275 g/mol. The van der Waals surface area contributed by atoms with E-state index in [1.807, 2.05) is 30.0 Å². The summed E-state index contributed by atoms with van der Waals surface area (Å²) < 4.78 is 0. The molecule has 0 spiro atoms. The third kappa shape index (κ3) is 3.30. The fourth-order valence-electron chi connectivity index (χ4n) is 2.15. The molecule has 94 valence electrons. The van der Waals surface area contributed by atoms with E-state index in [1.54, 1.807) is 0 Å². The van der Waals surface area contributed by atoms with Crippen molar-refractivity contribution in [3.05, 3.63) is 33.8 Å². The van der Waals surface area contributed by atoms with E-state index in [1.165, 1.54) is 25.0 Å². The first-order valence-corrected chi connectivity index (χ1v) is 7.55. The number of nitrogens with one attached hydrogen (secondary N) is 1. The lowest BCUT2D eigenvalue weighted by molar-refractivity contribution is 0.492. The van der Waals surface area contributed by atoms with E-state index in [9.17, 15) is 0 Å². The first-order valence-electron chi connectivity index (χ1n) is 5.75. The summed E-state index contributed by atoms with van der Waals surface area (Å²) in [6.45, 7) is 0. The van der Waals surface area contributed by atoms with Crippen molar-refractivity contribution in [3.8, 4) is 0 Å². The standard InChI is InChI=1S/C12H16Cl2N2S/c13-9-5-4-8(7-10(9)14)12(16-15)11-3-1-2-6-17-11/h4-5,7,11-12,16H,1-3,6,15H2. The molecule has 2 atom stereocenters. The molecular formula is C12H16Cl2N2S. The second kappa shape index (κ2) is 6.30. The van der Waals surface area contributed by atoms with Gasteiger partial charge in [-0.2, -0.15) is 11.8 Å². The fourth-order valence-corrected chi connectivity index (χ4v) is 3.89. The van der Waals surface area contributed by atoms with Gasteiger partial charge in [0.2, 0.25) is 0 Å². The Bertz CT molecular complexity index is 381. The molecule has 3 N–H and O–H groups in total. The number of rotatable bonds is 3. The minimum Gasteiger partial charge on any atom is -0.271 e. The largest absolute Gasteiger partial charge is 0.271 e. The van der Waals surface area contributed by atoms with E-state index >= 15 is 0 Å². The Morgan fingerprint density at radius 2 is 2.12 bits per heavy atom. The zero-order chi connectivity index (χ0) is 12.3. The van der Waals surface area contributed by atoms with Gasteiger partial charge < -0.3 is 0 Å². The molecule has 17 heavy (non-hydrogen) atoms. The van der Waals surface area contributed by atoms with E-state index in [-0.39, 0.29) is 6.04 Å². The molecule has 0 radical (unpaired) electrons. The van der Waals surface area contributed by atoms with Crippen molar-refractivity contribution in [2.75, 3.05) is 5.75 Å². The predicted molar refractivity (Wildman–Crippen MR) is 76.6 cm³/mol. The molecule has 2 nitrogen and oxygen atoms in total. The molecule has 1 aromatic carbocycles. The van der Waals surface area contributed by atoms with Crippen LogP contribution in [0.1, 0.15) is 30.9 Å². The number of nitrogens with two attached hydrogens (primary N) is 1. The highest BCUT2D eigenvalue weighted by molar-refractivity contribution is 8.00. The fraction of sp³-hybridized carbons (Fsp3) is 0.500. The van der Waals surface area contributed by atoms with Crippen molar-refractivity contribution >= 4 is 35.0 Å². The molecule has 5 heteroatoms. The van der Waals surface area contributed by atoms with Crippen molar-refractivity contribution in [3.63, 3.8) is 0 Å². The van der Waals surface area contributed by atoms with Crippen LogP contribution in [0.25, 0.3) is 0 Å². The normalized spacial score (nSPS) is 22.4. The van der Waals surface area contributed by atoms with Gasteiger partial charge in [-0.25, -0.2) is 0 Å². The Morgan fingerprint density at radius 1 is 1.29 bits per heavy atom. The SMILES string of the molecule is NNC(c1ccc(Cl)c(Cl)c1)C1CCCCS1. The topological polar surface area (TPSA) is 38.0 Å². The predicted octanol–water partition coefficient (Wildman–Crippen LogP) is 3.78. The van der Waals surface area contributed by atoms with Gasteiger partial charge in [0.15, 0.2) is 0 Å². The van der Waals surface area contributed by atoms with Gasteiger partial charge in [0.25, 0.3) is 0 Å². The summed E-state index contributed by atoms with van der Waals surface area (Å²) in [4.78, 5) is 0. The smallest absolute Gasteiger partial charge is 0.0595 e. The highest BCUT2D eigenvalue weighted by Gasteiger charge is 2.25. The van der Waals surface area contributed by atoms with E-state index in [0.29, 0.717) is 15.3 Å². The number of thioether (sulfide) groups is 1. The van der Waals surface area contributed by atoms with Crippen LogP contribution in [0.3, 0.4) is 0 Å². The molecule has 0 aromatic heterocycles. The van der Waals surface area contributed by atoms with E-state index in [0.717, 1.165) is 5.56 Å². The summed E-state index contributed by atoms with van der Waals surface area (Å²) in [6, 6.07) is 5.88. The van der Waals surface area contributed by atoms with E-state index in [2.05, 4.69) is 5.43 Å². The zero-order valence-corrected chi connectivity index (χ0v) is 11.8. The molecule has 1 aliphatic rings. The lowest BCUT2D eigenvalue weighted by Gasteiger charge is -2.29. The van der Waals surface area contributed by atoms with Gasteiger partial charge in [0.05, 0.1) is 16.1 Å². The lowest BCUT2D eigenvalue weighted by atomic mass is 10.00. The summed E-state index contributed by atoms with van der Waals surface area (Å²) in [6.07, 6.45) is 3.77. The van der Waals surface area contributed by atoms with Gasteiger partial charge in [-0.15, -0.1) is 0 Å². The summed E-state index contributed by atoms with van der Waals surface area (Å²) in [5.74, 6) is 6.90. The maximum absolute atomic E-state index is 6.05. The molecule has 0 bridgehead atoms. The van der Waals surface area contributed by atoms with Crippen LogP contribution in [-0.2, 0) is 0 Å². The van der Waals surface area contributed by atoms with Gasteiger partial charge in [0, 0.05) is 5.25 Å². The van der Waals surface area contributed by atoms with Crippen LogP contribution in [0.15, 0.2) is 18.2 Å². The van der Waals surface area contributed by atoms with Gasteiger partial charge in [0.1, 0.15) is 0 Å². The van der Waals surface area contributed by atoms with E-state index < -0.39 is 0 Å². The lowest BCUT2D eigenvalue weighted by Crippen LogP contribution is -2.36. The third-order valence-electron chi connectivity index (χ3n) is 3.07. The van der Waals surface area contributed by atoms with E-state index in [4.69, 9.17) is 29.0 Å². The molecule has 0 aliphatic carbocycles. The second-order valence-electron chi connectivity index (χ2n) is 4.22. The van der Waals surface area contributed by atoms with Crippen LogP contribution >= 0.6 is 35.0 Å². The van der Waals surface area contributed by atoms with Crippen LogP contribution in [0.4, 0.5) is 0 Å². The highest BCUT2D eigenvalue weighted by atomic mass is 35.5. The zero-order valence-electron chi connectivity index (χ0n) is 9.46. The molecule has 1 aliphatic heterocycles. The Morgan fingerprint density at radius 3 is 2.71 bits per heavy atom. The summed E-state index contributed by atoms with van der Waals surface area (Å²) in [7, 11) is 0. The molecule has 2 rings (SSSR count). The summed E-state index contributed by atoms with van der Waals surface area (Å²) in [5, 5.41) is 1.69. The summed E-state index contributed by atoms with van der Waals surface area (Å²) >= 11 is 14.0. The Labute approximate surface area is 116 Å². The third-order valence-corrected chi connectivity index (χ3v) is 5.27. The monoisotopic (exact) mass is 290 g/mol. The van der Waals surface area contributed by atoms with Crippen molar-refractivity contribution in [2.45, 2.75) is 30.6 Å². The minimum absolute atomic E-state index is 0.148. The average Bonchev–Trinajstić information content (AvgIpc) is 2.36. The van der Waals surface area contributed by atoms with Crippen LogP contribution in [0.5, 0.6) is 0 Å². The quantitative estimate of drug-likeness (QED) is 0.657. The molecule has 0 amide bonds. The highest BCUT2D eigenvalue weighted by Crippen LogP contribution is 2.36. The van der Waals surface area contributed by atoms with Gasteiger partial charge >= 0.3 is 0 Å². The number of hydrazine groups is 1. The van der Waals surface area contributed by atoms with Crippen LogP contribution in [0, 0.1) is 0 Å². The minimum atomic E-state index is 0.148. The Hall–Kier alpha value is 0.0700. The van der Waals surface area contributed by atoms with Gasteiger partial charge in [-0.3, -0.25) is 11.3 Å². The van der Waals surface area contributed by atoms with Crippen LogP contribution in [0.2, 0.25) is 10.0 Å². The van der Waals surface area contributed by atoms with Crippen molar-refractivity contribution in [1.29, 1.82) is 0 Å². The first-order chi connectivity index (χ1) is 8.22. The molecule has 0 saturated carbocycles. The number of halogens is 2. The van der Waals surface area contributed by atoms with Gasteiger partial charge in [-0.1, -0.05) is 35.7 Å². The first kappa shape index (κ1) is 13.5. The molecule has 2 unspecified atom stereocenters. The average molecular weight is 291 g/mol. The molecule has 1 saturated heterocycles. The molecule has 1 aromatic rings. The Balaban J connectivity index is 2.18. The number of hydrogen-bond donors (Lipinski definition) is 2. The number of hydrogen-bond acceptors (Lipinski definition) is 3. The molecule has 1 fully saturated rings. The summed E-state index contributed by atoms with van der Waals surface area (Å²) in [5.41, 5.74) is 4.02. The van der Waals surface area contributed by atoms with Crippen LogP contribution < -0.4 is 11.3 Å². The van der Waals surface area contributed by atoms with Crippen molar-refractivity contribution in [2.24, 2.45) is 5.84 Å². The van der Waals surface area contributed by atoms with Crippen molar-refractivity contribution in [1.82, 2.24) is 5.43 Å². The maximum atomic E-state index is 6.05. The Kier molecular flexibility index (Phi) is 5.00.